The molecule has 3 heteroatoms. The number of halogens is 1. The molecule has 0 radical (unpaired) electrons. The summed E-state index contributed by atoms with van der Waals surface area (Å²) in [6, 6.07) is 8.90. The van der Waals surface area contributed by atoms with E-state index in [0.717, 1.165) is 35.6 Å². The number of hydrogen-bond acceptors (Lipinski definition) is 1. The average Bonchev–Trinajstić information content (AvgIpc) is 3.05. The van der Waals surface area contributed by atoms with Crippen LogP contribution >= 0.6 is 11.6 Å². The average molecular weight is 412 g/mol. The number of rotatable bonds is 1. The lowest BCUT2D eigenvalue weighted by Crippen LogP contribution is -2.63. The van der Waals surface area contributed by atoms with Gasteiger partial charge in [0.15, 0.2) is 0 Å². The first-order chi connectivity index (χ1) is 13.8. The molecule has 5 rings (SSSR count). The van der Waals surface area contributed by atoms with Gasteiger partial charge in [-0.2, -0.15) is 0 Å². The molecule has 156 valence electrons. The zero-order chi connectivity index (χ0) is 20.6. The highest BCUT2D eigenvalue weighted by molar-refractivity contribution is 6.30. The molecule has 0 unspecified atom stereocenters. The standard InChI is InChI=1S/C26H34ClNO/c1-16-15-22-26(3,14-12-23(29)28(22)4)21-11-13-25(2)19(9-10-20(25)24(16)21)17-5-7-18(27)8-6-17/h5-9,16,20-22,24H,10-15H2,1-4H3/t16-,20-,21-,22+,24-,25+,26+/m0/s1. The van der Waals surface area contributed by atoms with Gasteiger partial charge >= 0.3 is 0 Å². The molecule has 1 aromatic rings. The molecule has 0 bridgehead atoms. The van der Waals surface area contributed by atoms with E-state index in [9.17, 15) is 4.79 Å². The van der Waals surface area contributed by atoms with Crippen LogP contribution in [0.2, 0.25) is 5.02 Å². The van der Waals surface area contributed by atoms with Crippen LogP contribution in [0, 0.1) is 34.5 Å². The Balaban J connectivity index is 1.48. The summed E-state index contributed by atoms with van der Waals surface area (Å²) in [6.45, 7) is 7.50. The molecule has 0 N–H and O–H groups in total. The molecule has 2 nitrogen and oxygen atoms in total. The summed E-state index contributed by atoms with van der Waals surface area (Å²) in [6.07, 6.45) is 9.28. The third-order valence-corrected chi connectivity index (χ3v) is 9.92. The number of carbonyl (C=O) groups excluding carboxylic acids is 1. The highest BCUT2D eigenvalue weighted by Crippen LogP contribution is 2.67. The summed E-state index contributed by atoms with van der Waals surface area (Å²) in [5.41, 5.74) is 3.45. The topological polar surface area (TPSA) is 20.3 Å². The lowest BCUT2D eigenvalue weighted by atomic mass is 9.44. The van der Waals surface area contributed by atoms with Crippen LogP contribution in [0.4, 0.5) is 0 Å². The number of allylic oxidation sites excluding steroid dienone is 2. The van der Waals surface area contributed by atoms with Crippen molar-refractivity contribution in [1.29, 1.82) is 0 Å². The molecule has 1 aliphatic heterocycles. The summed E-state index contributed by atoms with van der Waals surface area (Å²) in [4.78, 5) is 14.5. The third-order valence-electron chi connectivity index (χ3n) is 9.67. The quantitative estimate of drug-likeness (QED) is 0.520. The number of fused-ring (bicyclic) bond motifs is 5. The van der Waals surface area contributed by atoms with Gasteiger partial charge in [-0.15, -0.1) is 0 Å². The van der Waals surface area contributed by atoms with Crippen LogP contribution in [-0.2, 0) is 4.79 Å². The third kappa shape index (κ3) is 2.70. The molecule has 1 amide bonds. The van der Waals surface area contributed by atoms with E-state index in [-0.39, 0.29) is 10.8 Å². The number of benzene rings is 1. The number of carbonyl (C=O) groups is 1. The lowest BCUT2D eigenvalue weighted by molar-refractivity contribution is -0.162. The molecule has 29 heavy (non-hydrogen) atoms. The van der Waals surface area contributed by atoms with Crippen LogP contribution in [-0.4, -0.2) is 23.9 Å². The molecule has 1 aromatic carbocycles. The summed E-state index contributed by atoms with van der Waals surface area (Å²) in [7, 11) is 2.06. The molecule has 4 aliphatic rings. The monoisotopic (exact) mass is 411 g/mol. The Labute approximate surface area is 180 Å². The zero-order valence-electron chi connectivity index (χ0n) is 18.2. The second-order valence-corrected chi connectivity index (χ2v) is 11.3. The molecule has 0 spiro atoms. The SMILES string of the molecule is C[C@H]1C[C@H]2N(C)C(=O)CC[C@]2(C)[C@H]2CC[C@]3(C)C(c4ccc(Cl)cc4)=CC[C@H]3[C@H]12. The van der Waals surface area contributed by atoms with Crippen LogP contribution in [0.25, 0.3) is 5.57 Å². The van der Waals surface area contributed by atoms with E-state index in [2.05, 4.69) is 50.9 Å². The van der Waals surface area contributed by atoms with E-state index < -0.39 is 0 Å². The van der Waals surface area contributed by atoms with Crippen molar-refractivity contribution in [1.82, 2.24) is 4.90 Å². The number of nitrogens with zero attached hydrogens (tertiary/aromatic N) is 1. The Morgan fingerprint density at radius 1 is 1.10 bits per heavy atom. The van der Waals surface area contributed by atoms with Gasteiger partial charge < -0.3 is 4.90 Å². The van der Waals surface area contributed by atoms with E-state index in [0.29, 0.717) is 17.9 Å². The molecule has 1 heterocycles. The van der Waals surface area contributed by atoms with E-state index >= 15 is 0 Å². The molecule has 3 aliphatic carbocycles. The Bertz CT molecular complexity index is 860. The molecule has 7 atom stereocenters. The van der Waals surface area contributed by atoms with E-state index in [1.807, 2.05) is 12.1 Å². The first kappa shape index (κ1) is 19.7. The van der Waals surface area contributed by atoms with Gasteiger partial charge in [-0.05, 0) is 89.9 Å². The van der Waals surface area contributed by atoms with Gasteiger partial charge in [-0.25, -0.2) is 0 Å². The second kappa shape index (κ2) is 6.61. The minimum atomic E-state index is 0.267. The molecule has 1 saturated heterocycles. The van der Waals surface area contributed by atoms with Crippen LogP contribution in [0.15, 0.2) is 30.3 Å². The number of likely N-dealkylation sites (tertiary alicyclic amines) is 1. The van der Waals surface area contributed by atoms with Crippen LogP contribution < -0.4 is 0 Å². The number of piperidine rings is 1. The lowest BCUT2D eigenvalue weighted by Gasteiger charge is -2.63. The highest BCUT2D eigenvalue weighted by atomic mass is 35.5. The Hall–Kier alpha value is -1.28. The maximum atomic E-state index is 12.4. The fourth-order valence-electron chi connectivity index (χ4n) is 8.11. The fourth-order valence-corrected chi connectivity index (χ4v) is 8.24. The van der Waals surface area contributed by atoms with Crippen LogP contribution in [0.3, 0.4) is 0 Å². The minimum Gasteiger partial charge on any atom is -0.342 e. The summed E-state index contributed by atoms with van der Waals surface area (Å²) >= 11 is 6.16. The number of hydrogen-bond donors (Lipinski definition) is 0. The molecular weight excluding hydrogens is 378 g/mol. The summed E-state index contributed by atoms with van der Waals surface area (Å²) < 4.78 is 0. The second-order valence-electron chi connectivity index (χ2n) is 10.8. The van der Waals surface area contributed by atoms with Crippen molar-refractivity contribution in [3.63, 3.8) is 0 Å². The van der Waals surface area contributed by atoms with Crippen LogP contribution in [0.5, 0.6) is 0 Å². The van der Waals surface area contributed by atoms with E-state index in [1.54, 1.807) is 5.57 Å². The zero-order valence-corrected chi connectivity index (χ0v) is 19.0. The molecular formula is C26H34ClNO. The van der Waals surface area contributed by atoms with Crippen molar-refractivity contribution >= 4 is 23.1 Å². The predicted molar refractivity (Wildman–Crippen MR) is 120 cm³/mol. The fraction of sp³-hybridized carbons (Fsp3) is 0.654. The van der Waals surface area contributed by atoms with Gasteiger partial charge in [0, 0.05) is 24.5 Å². The van der Waals surface area contributed by atoms with Crippen molar-refractivity contribution in [2.24, 2.45) is 34.5 Å². The highest BCUT2D eigenvalue weighted by Gasteiger charge is 2.61. The van der Waals surface area contributed by atoms with E-state index in [1.165, 1.54) is 31.2 Å². The van der Waals surface area contributed by atoms with Crippen molar-refractivity contribution in [2.75, 3.05) is 7.05 Å². The maximum absolute atomic E-state index is 12.4. The Morgan fingerprint density at radius 2 is 1.83 bits per heavy atom. The van der Waals surface area contributed by atoms with Gasteiger partial charge in [0.1, 0.15) is 0 Å². The number of amides is 1. The van der Waals surface area contributed by atoms with Crippen molar-refractivity contribution in [3.8, 4) is 0 Å². The normalized spacial score (nSPS) is 44.0. The molecule has 3 fully saturated rings. The summed E-state index contributed by atoms with van der Waals surface area (Å²) in [5.74, 6) is 3.25. The molecule has 0 aromatic heterocycles. The maximum Gasteiger partial charge on any atom is 0.222 e. The summed E-state index contributed by atoms with van der Waals surface area (Å²) in [5, 5.41) is 0.814. The Morgan fingerprint density at radius 3 is 2.55 bits per heavy atom. The van der Waals surface area contributed by atoms with Crippen molar-refractivity contribution in [3.05, 3.63) is 40.9 Å². The van der Waals surface area contributed by atoms with Crippen LogP contribution in [0.1, 0.15) is 64.9 Å². The first-order valence-corrected chi connectivity index (χ1v) is 11.9. The van der Waals surface area contributed by atoms with Gasteiger partial charge in [0.25, 0.3) is 0 Å². The molecule has 2 saturated carbocycles. The smallest absolute Gasteiger partial charge is 0.222 e. The first-order valence-electron chi connectivity index (χ1n) is 11.5. The van der Waals surface area contributed by atoms with Gasteiger partial charge in [-0.1, -0.05) is 50.6 Å². The van der Waals surface area contributed by atoms with Gasteiger partial charge in [0.05, 0.1) is 0 Å². The van der Waals surface area contributed by atoms with Gasteiger partial charge in [0.2, 0.25) is 5.91 Å². The Kier molecular flexibility index (Phi) is 4.48. The van der Waals surface area contributed by atoms with Crippen molar-refractivity contribution < 1.29 is 4.79 Å². The largest absolute Gasteiger partial charge is 0.342 e. The predicted octanol–water partition coefficient (Wildman–Crippen LogP) is 6.44. The van der Waals surface area contributed by atoms with E-state index in [4.69, 9.17) is 11.6 Å². The van der Waals surface area contributed by atoms with Gasteiger partial charge in [-0.3, -0.25) is 4.79 Å². The van der Waals surface area contributed by atoms with Crippen molar-refractivity contribution in [2.45, 2.75) is 65.3 Å². The minimum absolute atomic E-state index is 0.267.